The van der Waals surface area contributed by atoms with Crippen molar-refractivity contribution in [2.45, 2.75) is 275 Å². The molecule has 0 aromatic carbocycles. The summed E-state index contributed by atoms with van der Waals surface area (Å²) in [6.45, 7) is 3.74. The third-order valence-electron chi connectivity index (χ3n) is 11.9. The van der Waals surface area contributed by atoms with Crippen molar-refractivity contribution in [1.82, 2.24) is 5.32 Å². The average molecular weight is 812 g/mol. The second kappa shape index (κ2) is 39.1. The lowest BCUT2D eigenvalue weighted by atomic mass is 9.99. The molecule has 1 aliphatic heterocycles. The van der Waals surface area contributed by atoms with Crippen LogP contribution in [0.1, 0.15) is 232 Å². The zero-order valence-electron chi connectivity index (χ0n) is 37.1. The summed E-state index contributed by atoms with van der Waals surface area (Å²) < 4.78 is 11.2. The molecule has 1 fully saturated rings. The van der Waals surface area contributed by atoms with Crippen molar-refractivity contribution in [3.8, 4) is 0 Å². The summed E-state index contributed by atoms with van der Waals surface area (Å²) in [6, 6.07) is -0.797. The van der Waals surface area contributed by atoms with E-state index < -0.39 is 49.5 Å². The Hall–Kier alpha value is -1.07. The molecule has 0 aliphatic carbocycles. The van der Waals surface area contributed by atoms with Gasteiger partial charge in [0.1, 0.15) is 24.4 Å². The Morgan fingerprint density at radius 2 is 0.965 bits per heavy atom. The van der Waals surface area contributed by atoms with Crippen molar-refractivity contribution < 1.29 is 39.8 Å². The summed E-state index contributed by atoms with van der Waals surface area (Å²) >= 11 is 0. The molecule has 1 saturated heterocycles. The van der Waals surface area contributed by atoms with Crippen LogP contribution in [0.2, 0.25) is 0 Å². The van der Waals surface area contributed by atoms with E-state index in [1.165, 1.54) is 173 Å². The van der Waals surface area contributed by atoms with Crippen molar-refractivity contribution in [3.05, 3.63) is 12.2 Å². The van der Waals surface area contributed by atoms with Gasteiger partial charge in [0.2, 0.25) is 5.91 Å². The molecule has 1 aliphatic rings. The van der Waals surface area contributed by atoms with Crippen LogP contribution in [0.15, 0.2) is 12.2 Å². The zero-order chi connectivity index (χ0) is 41.6. The van der Waals surface area contributed by atoms with Gasteiger partial charge in [-0.25, -0.2) is 0 Å². The van der Waals surface area contributed by atoms with Crippen LogP contribution in [-0.4, -0.2) is 87.5 Å². The second-order valence-corrected chi connectivity index (χ2v) is 17.3. The van der Waals surface area contributed by atoms with E-state index in [4.69, 9.17) is 9.47 Å². The van der Waals surface area contributed by atoms with Gasteiger partial charge in [-0.2, -0.15) is 0 Å². The first-order valence-electron chi connectivity index (χ1n) is 24.4. The lowest BCUT2D eigenvalue weighted by Gasteiger charge is -2.40. The van der Waals surface area contributed by atoms with Crippen molar-refractivity contribution in [2.24, 2.45) is 0 Å². The smallest absolute Gasteiger partial charge is 0.220 e. The van der Waals surface area contributed by atoms with E-state index in [0.717, 1.165) is 38.5 Å². The molecule has 1 rings (SSSR count). The number of aliphatic hydroxyl groups excluding tert-OH is 5. The van der Waals surface area contributed by atoms with Crippen LogP contribution in [0.5, 0.6) is 0 Å². The number of unbranched alkanes of at least 4 members (excludes halogenated alkanes) is 31. The summed E-state index contributed by atoms with van der Waals surface area (Å²) in [4.78, 5) is 12.9. The van der Waals surface area contributed by atoms with E-state index in [1.807, 2.05) is 6.08 Å². The molecule has 0 radical (unpaired) electrons. The molecule has 6 N–H and O–H groups in total. The molecule has 7 atom stereocenters. The van der Waals surface area contributed by atoms with Crippen LogP contribution in [0.4, 0.5) is 0 Å². The first-order chi connectivity index (χ1) is 27.8. The summed E-state index contributed by atoms with van der Waals surface area (Å²) in [5, 5.41) is 54.0. The van der Waals surface area contributed by atoms with Gasteiger partial charge in [-0.3, -0.25) is 4.79 Å². The Kier molecular flexibility index (Phi) is 37.0. The molecule has 1 heterocycles. The fourth-order valence-corrected chi connectivity index (χ4v) is 7.92. The Morgan fingerprint density at radius 1 is 0.579 bits per heavy atom. The molecule has 9 nitrogen and oxygen atoms in total. The molecule has 57 heavy (non-hydrogen) atoms. The molecule has 0 bridgehead atoms. The Morgan fingerprint density at radius 3 is 1.37 bits per heavy atom. The summed E-state index contributed by atoms with van der Waals surface area (Å²) in [6.07, 6.45) is 38.7. The van der Waals surface area contributed by atoms with Crippen LogP contribution in [0, 0.1) is 0 Å². The molecule has 0 saturated carbocycles. The summed E-state index contributed by atoms with van der Waals surface area (Å²) in [7, 11) is 0. The number of amides is 1. The van der Waals surface area contributed by atoms with Gasteiger partial charge in [-0.15, -0.1) is 0 Å². The van der Waals surface area contributed by atoms with Crippen LogP contribution in [0.3, 0.4) is 0 Å². The van der Waals surface area contributed by atoms with Gasteiger partial charge in [-0.1, -0.05) is 219 Å². The number of rotatable bonds is 41. The second-order valence-electron chi connectivity index (χ2n) is 17.3. The van der Waals surface area contributed by atoms with Crippen molar-refractivity contribution in [2.75, 3.05) is 13.2 Å². The lowest BCUT2D eigenvalue weighted by molar-refractivity contribution is -0.302. The normalized spacial score (nSPS) is 21.0. The number of ether oxygens (including phenoxy) is 2. The van der Waals surface area contributed by atoms with E-state index in [0.29, 0.717) is 6.42 Å². The van der Waals surface area contributed by atoms with E-state index >= 15 is 0 Å². The number of hydrogen-bond donors (Lipinski definition) is 6. The molecule has 1 amide bonds. The highest BCUT2D eigenvalue weighted by Crippen LogP contribution is 2.23. The molecule has 0 aromatic heterocycles. The minimum absolute atomic E-state index is 0.176. The minimum atomic E-state index is -1.56. The fraction of sp³-hybridized carbons (Fsp3) is 0.938. The number of carbonyl (C=O) groups excluding carboxylic acids is 1. The van der Waals surface area contributed by atoms with Gasteiger partial charge >= 0.3 is 0 Å². The third kappa shape index (κ3) is 29.7. The first-order valence-corrected chi connectivity index (χ1v) is 24.4. The Balaban J connectivity index is 2.14. The predicted molar refractivity (Wildman–Crippen MR) is 235 cm³/mol. The molecular weight excluding hydrogens is 719 g/mol. The molecule has 0 spiro atoms. The molecule has 0 aromatic rings. The standard InChI is InChI=1S/C48H93NO8/c1-3-5-7-9-11-13-14-15-16-17-18-19-20-21-22-23-24-25-26-27-28-29-30-32-34-36-38-44(52)49-41(42(51)37-35-33-31-12-10-8-6-4-2)40-56-48-47(55)46(54)45(53)43(39-50)57-48/h35,37,41-43,45-48,50-51,53-55H,3-34,36,38-40H2,1-2H3,(H,49,52)/b37-35+. The minimum Gasteiger partial charge on any atom is -0.394 e. The SMILES string of the molecule is CCCCCCCC/C=C/C(O)C(COC1OC(CO)C(O)C(O)C1O)NC(=O)CCCCCCCCCCCCCCCCCCCCCCCCCCCC. The van der Waals surface area contributed by atoms with Gasteiger partial charge in [0.15, 0.2) is 6.29 Å². The van der Waals surface area contributed by atoms with Gasteiger partial charge in [0.05, 0.1) is 25.4 Å². The largest absolute Gasteiger partial charge is 0.394 e. The predicted octanol–water partition coefficient (Wildman–Crippen LogP) is 10.5. The van der Waals surface area contributed by atoms with E-state index in [2.05, 4.69) is 19.2 Å². The van der Waals surface area contributed by atoms with Crippen molar-refractivity contribution >= 4 is 5.91 Å². The maximum atomic E-state index is 12.9. The lowest BCUT2D eigenvalue weighted by Crippen LogP contribution is -2.60. The Bertz CT molecular complexity index is 904. The molecule has 9 heteroatoms. The maximum absolute atomic E-state index is 12.9. The van der Waals surface area contributed by atoms with Crippen molar-refractivity contribution in [1.29, 1.82) is 0 Å². The van der Waals surface area contributed by atoms with E-state index in [-0.39, 0.29) is 12.5 Å². The molecule has 338 valence electrons. The number of carbonyl (C=O) groups is 1. The number of nitrogens with one attached hydrogen (secondary N) is 1. The Labute approximate surface area is 350 Å². The fourth-order valence-electron chi connectivity index (χ4n) is 7.92. The number of hydrogen-bond acceptors (Lipinski definition) is 8. The van der Waals surface area contributed by atoms with E-state index in [9.17, 15) is 30.3 Å². The van der Waals surface area contributed by atoms with Crippen molar-refractivity contribution in [3.63, 3.8) is 0 Å². The van der Waals surface area contributed by atoms with Crippen LogP contribution < -0.4 is 5.32 Å². The topological polar surface area (TPSA) is 149 Å². The molecular formula is C48H93NO8. The third-order valence-corrected chi connectivity index (χ3v) is 11.9. The quantitative estimate of drug-likeness (QED) is 0.0264. The molecule has 7 unspecified atom stereocenters. The monoisotopic (exact) mass is 812 g/mol. The first kappa shape index (κ1) is 53.9. The van der Waals surface area contributed by atoms with Gasteiger partial charge in [0, 0.05) is 6.42 Å². The highest BCUT2D eigenvalue weighted by Gasteiger charge is 2.44. The highest BCUT2D eigenvalue weighted by atomic mass is 16.7. The maximum Gasteiger partial charge on any atom is 0.220 e. The van der Waals surface area contributed by atoms with E-state index in [1.54, 1.807) is 6.08 Å². The van der Waals surface area contributed by atoms with Crippen LogP contribution in [-0.2, 0) is 14.3 Å². The zero-order valence-corrected chi connectivity index (χ0v) is 37.1. The number of aliphatic hydroxyl groups is 5. The highest BCUT2D eigenvalue weighted by molar-refractivity contribution is 5.76. The average Bonchev–Trinajstić information content (AvgIpc) is 3.21. The van der Waals surface area contributed by atoms with Crippen LogP contribution in [0.25, 0.3) is 0 Å². The summed E-state index contributed by atoms with van der Waals surface area (Å²) in [5.41, 5.74) is 0. The van der Waals surface area contributed by atoms with Gasteiger partial charge < -0.3 is 40.3 Å². The number of allylic oxidation sites excluding steroid dienone is 1. The summed E-state index contributed by atoms with van der Waals surface area (Å²) in [5.74, 6) is -0.176. The van der Waals surface area contributed by atoms with Gasteiger partial charge in [0.25, 0.3) is 0 Å². The van der Waals surface area contributed by atoms with Crippen LogP contribution >= 0.6 is 0 Å². The van der Waals surface area contributed by atoms with Gasteiger partial charge in [-0.05, 0) is 19.3 Å².